The number of carbonyl (C=O) groups is 1. The number of esters is 1. The molecule has 1 heterocycles. The van der Waals surface area contributed by atoms with E-state index in [2.05, 4.69) is 0 Å². The number of hydrogen-bond acceptors (Lipinski definition) is 3. The summed E-state index contributed by atoms with van der Waals surface area (Å²) in [7, 11) is 0. The Kier molecular flexibility index (Phi) is 3.57. The molecule has 0 aromatic heterocycles. The van der Waals surface area contributed by atoms with Crippen molar-refractivity contribution in [3.63, 3.8) is 0 Å². The minimum atomic E-state index is -0.428. The van der Waals surface area contributed by atoms with Gasteiger partial charge in [-0.2, -0.15) is 0 Å². The van der Waals surface area contributed by atoms with E-state index >= 15 is 0 Å². The molecule has 2 rings (SSSR count). The fraction of sp³-hybridized carbons (Fsp3) is 0.462. The fourth-order valence-corrected chi connectivity index (χ4v) is 2.09. The van der Waals surface area contributed by atoms with Gasteiger partial charge in [0.15, 0.2) is 6.10 Å². The molecule has 0 N–H and O–H groups in total. The van der Waals surface area contributed by atoms with Crippen LogP contribution in [-0.4, -0.2) is 25.3 Å². The van der Waals surface area contributed by atoms with Gasteiger partial charge < -0.3 is 9.47 Å². The van der Waals surface area contributed by atoms with Gasteiger partial charge in [-0.25, -0.2) is 4.79 Å². The lowest BCUT2D eigenvalue weighted by molar-refractivity contribution is -0.154. The first-order valence-electron chi connectivity index (χ1n) is 5.66. The number of hydrogen-bond donors (Lipinski definition) is 0. The summed E-state index contributed by atoms with van der Waals surface area (Å²) in [6.07, 6.45) is 0.454. The third-order valence-corrected chi connectivity index (χ3v) is 2.84. The Labute approximate surface area is 95.4 Å². The molecule has 1 fully saturated rings. The highest BCUT2D eigenvalue weighted by atomic mass is 16.6. The van der Waals surface area contributed by atoms with Gasteiger partial charge in [0.05, 0.1) is 6.61 Å². The number of ether oxygens (including phenoxy) is 2. The second-order valence-electron chi connectivity index (χ2n) is 3.85. The van der Waals surface area contributed by atoms with E-state index in [1.165, 1.54) is 0 Å². The van der Waals surface area contributed by atoms with Crippen molar-refractivity contribution < 1.29 is 14.3 Å². The van der Waals surface area contributed by atoms with E-state index in [9.17, 15) is 4.79 Å². The lowest BCUT2D eigenvalue weighted by atomic mass is 9.93. The quantitative estimate of drug-likeness (QED) is 0.732. The molecule has 3 nitrogen and oxygen atoms in total. The fourth-order valence-electron chi connectivity index (χ4n) is 2.09. The predicted octanol–water partition coefficient (Wildman–Crippen LogP) is 2.12. The van der Waals surface area contributed by atoms with Crippen LogP contribution in [0.4, 0.5) is 0 Å². The van der Waals surface area contributed by atoms with Crippen LogP contribution in [0.1, 0.15) is 24.8 Å². The Bertz CT molecular complexity index is 347. The van der Waals surface area contributed by atoms with Gasteiger partial charge in [0.1, 0.15) is 0 Å². The van der Waals surface area contributed by atoms with Crippen LogP contribution in [0.5, 0.6) is 0 Å². The molecule has 1 aliphatic rings. The molecule has 1 saturated heterocycles. The zero-order chi connectivity index (χ0) is 11.4. The van der Waals surface area contributed by atoms with E-state index in [1.54, 1.807) is 0 Å². The minimum absolute atomic E-state index is 0.139. The highest BCUT2D eigenvalue weighted by Crippen LogP contribution is 2.31. The molecule has 1 aromatic carbocycles. The first-order valence-corrected chi connectivity index (χ1v) is 5.66. The molecular weight excluding hydrogens is 204 g/mol. The van der Waals surface area contributed by atoms with Gasteiger partial charge in [0.2, 0.25) is 0 Å². The summed E-state index contributed by atoms with van der Waals surface area (Å²) in [6, 6.07) is 10.0. The van der Waals surface area contributed by atoms with E-state index in [4.69, 9.17) is 9.47 Å². The molecule has 0 aliphatic carbocycles. The van der Waals surface area contributed by atoms with Gasteiger partial charge >= 0.3 is 5.97 Å². The van der Waals surface area contributed by atoms with Crippen molar-refractivity contribution in [2.45, 2.75) is 25.4 Å². The topological polar surface area (TPSA) is 35.5 Å². The molecule has 0 radical (unpaired) electrons. The van der Waals surface area contributed by atoms with Crippen LogP contribution in [0.2, 0.25) is 0 Å². The monoisotopic (exact) mass is 220 g/mol. The summed E-state index contributed by atoms with van der Waals surface area (Å²) in [5.41, 5.74) is 1.15. The summed E-state index contributed by atoms with van der Waals surface area (Å²) in [5, 5.41) is 0. The molecule has 0 spiro atoms. The zero-order valence-corrected chi connectivity index (χ0v) is 9.39. The van der Waals surface area contributed by atoms with Gasteiger partial charge in [0.25, 0.3) is 0 Å². The molecule has 86 valence electrons. The smallest absolute Gasteiger partial charge is 0.335 e. The van der Waals surface area contributed by atoms with Crippen LogP contribution in [0.15, 0.2) is 30.3 Å². The number of rotatable bonds is 3. The van der Waals surface area contributed by atoms with Gasteiger partial charge in [0, 0.05) is 12.5 Å². The molecule has 0 saturated carbocycles. The Morgan fingerprint density at radius 1 is 1.44 bits per heavy atom. The van der Waals surface area contributed by atoms with Gasteiger partial charge in [-0.15, -0.1) is 0 Å². The van der Waals surface area contributed by atoms with Crippen molar-refractivity contribution in [3.05, 3.63) is 35.9 Å². The van der Waals surface area contributed by atoms with Crippen LogP contribution in [0, 0.1) is 0 Å². The summed E-state index contributed by atoms with van der Waals surface area (Å²) in [6.45, 7) is 2.84. The second kappa shape index (κ2) is 5.12. The van der Waals surface area contributed by atoms with E-state index in [0.29, 0.717) is 13.2 Å². The summed E-state index contributed by atoms with van der Waals surface area (Å²) in [5.74, 6) is -0.103. The van der Waals surface area contributed by atoms with Crippen molar-refractivity contribution in [2.24, 2.45) is 0 Å². The Hall–Kier alpha value is -1.35. The van der Waals surface area contributed by atoms with E-state index in [1.807, 2.05) is 37.3 Å². The third-order valence-electron chi connectivity index (χ3n) is 2.84. The standard InChI is InChI=1S/C13H16O3/c1-2-15-13(14)12-11(8-9-16-12)10-6-4-3-5-7-10/h3-7,11-12H,2,8-9H2,1H3/t11-,12+/m1/s1. The maximum atomic E-state index is 11.7. The van der Waals surface area contributed by atoms with Gasteiger partial charge in [-0.05, 0) is 18.9 Å². The highest BCUT2D eigenvalue weighted by Gasteiger charge is 2.36. The molecule has 1 aromatic rings. The maximum absolute atomic E-state index is 11.7. The minimum Gasteiger partial charge on any atom is -0.464 e. The predicted molar refractivity (Wildman–Crippen MR) is 60.2 cm³/mol. The molecule has 3 heteroatoms. The number of benzene rings is 1. The molecular formula is C13H16O3. The van der Waals surface area contributed by atoms with Crippen LogP contribution >= 0.6 is 0 Å². The molecule has 2 atom stereocenters. The third kappa shape index (κ3) is 2.25. The van der Waals surface area contributed by atoms with Crippen LogP contribution < -0.4 is 0 Å². The van der Waals surface area contributed by atoms with E-state index in [0.717, 1.165) is 12.0 Å². The maximum Gasteiger partial charge on any atom is 0.335 e. The Morgan fingerprint density at radius 2 is 2.19 bits per heavy atom. The second-order valence-corrected chi connectivity index (χ2v) is 3.85. The molecule has 16 heavy (non-hydrogen) atoms. The molecule has 0 amide bonds. The first kappa shape index (κ1) is 11.1. The van der Waals surface area contributed by atoms with Crippen molar-refractivity contribution >= 4 is 5.97 Å². The molecule has 0 bridgehead atoms. The number of carbonyl (C=O) groups excluding carboxylic acids is 1. The summed E-state index contributed by atoms with van der Waals surface area (Å²) < 4.78 is 10.5. The SMILES string of the molecule is CCOC(=O)[C@H]1OCC[C@@H]1c1ccccc1. The Morgan fingerprint density at radius 3 is 2.88 bits per heavy atom. The lowest BCUT2D eigenvalue weighted by Crippen LogP contribution is -2.27. The van der Waals surface area contributed by atoms with E-state index in [-0.39, 0.29) is 11.9 Å². The van der Waals surface area contributed by atoms with Crippen molar-refractivity contribution in [1.82, 2.24) is 0 Å². The van der Waals surface area contributed by atoms with Crippen molar-refractivity contribution in [1.29, 1.82) is 0 Å². The molecule has 0 unspecified atom stereocenters. The van der Waals surface area contributed by atoms with Crippen LogP contribution in [-0.2, 0) is 14.3 Å². The highest BCUT2D eigenvalue weighted by molar-refractivity contribution is 5.76. The Balaban J connectivity index is 2.12. The van der Waals surface area contributed by atoms with E-state index < -0.39 is 6.10 Å². The van der Waals surface area contributed by atoms with Gasteiger partial charge in [-0.3, -0.25) is 0 Å². The average Bonchev–Trinajstić information content (AvgIpc) is 2.79. The zero-order valence-electron chi connectivity index (χ0n) is 9.39. The van der Waals surface area contributed by atoms with Gasteiger partial charge in [-0.1, -0.05) is 30.3 Å². The van der Waals surface area contributed by atoms with Crippen molar-refractivity contribution in [3.8, 4) is 0 Å². The van der Waals surface area contributed by atoms with Crippen molar-refractivity contribution in [2.75, 3.05) is 13.2 Å². The molecule has 1 aliphatic heterocycles. The largest absolute Gasteiger partial charge is 0.464 e. The summed E-state index contributed by atoms with van der Waals surface area (Å²) >= 11 is 0. The normalized spacial score (nSPS) is 24.3. The van der Waals surface area contributed by atoms with Crippen LogP contribution in [0.25, 0.3) is 0 Å². The first-order chi connectivity index (χ1) is 7.83. The summed E-state index contributed by atoms with van der Waals surface area (Å²) in [4.78, 5) is 11.7. The average molecular weight is 220 g/mol. The lowest BCUT2D eigenvalue weighted by Gasteiger charge is -2.17. The van der Waals surface area contributed by atoms with Crippen LogP contribution in [0.3, 0.4) is 0 Å².